The van der Waals surface area contributed by atoms with Crippen LogP contribution in [0.4, 0.5) is 0 Å². The number of likely N-dealkylation sites (N-methyl/N-ethyl adjacent to an activating group) is 1. The predicted octanol–water partition coefficient (Wildman–Crippen LogP) is 6.40. The summed E-state index contributed by atoms with van der Waals surface area (Å²) < 4.78 is 0. The monoisotopic (exact) mass is 414 g/mol. The van der Waals surface area contributed by atoms with E-state index in [0.717, 1.165) is 25.0 Å². The number of phenols is 1. The van der Waals surface area contributed by atoms with Crippen LogP contribution >= 0.6 is 0 Å². The molecule has 170 valence electrons. The molecule has 3 heteroatoms. The van der Waals surface area contributed by atoms with Gasteiger partial charge in [-0.2, -0.15) is 0 Å². The Morgan fingerprint density at radius 3 is 2.13 bits per heavy atom. The van der Waals surface area contributed by atoms with Crippen LogP contribution < -0.4 is 5.32 Å². The number of rotatable bonds is 4. The molecule has 1 aliphatic heterocycles. The van der Waals surface area contributed by atoms with Crippen molar-refractivity contribution in [1.82, 2.24) is 10.2 Å². The van der Waals surface area contributed by atoms with Gasteiger partial charge in [0.05, 0.1) is 0 Å². The lowest BCUT2D eigenvalue weighted by atomic mass is 9.74. The summed E-state index contributed by atoms with van der Waals surface area (Å²) in [4.78, 5) is 2.43. The second-order valence-corrected chi connectivity index (χ2v) is 10.2. The van der Waals surface area contributed by atoms with Gasteiger partial charge in [0, 0.05) is 24.0 Å². The zero-order valence-electron chi connectivity index (χ0n) is 19.7. The number of nitrogens with one attached hydrogen (secondary N) is 1. The first kappa shape index (κ1) is 23.6. The molecule has 0 aromatic heterocycles. The molecule has 1 saturated heterocycles. The Labute approximate surface area is 185 Å². The van der Waals surface area contributed by atoms with Gasteiger partial charge in [-0.25, -0.2) is 0 Å². The zero-order chi connectivity index (χ0) is 21.2. The van der Waals surface area contributed by atoms with Crippen LogP contribution in [0.15, 0.2) is 24.3 Å². The van der Waals surface area contributed by atoms with E-state index >= 15 is 0 Å². The smallest absolute Gasteiger partial charge is 0.115 e. The maximum atomic E-state index is 9.68. The first-order chi connectivity index (χ1) is 14.6. The molecule has 0 bridgehead atoms. The number of hydrogen-bond acceptors (Lipinski definition) is 3. The Balaban J connectivity index is 0.000000177. The molecule has 1 heterocycles. The van der Waals surface area contributed by atoms with Crippen molar-refractivity contribution in [1.29, 1.82) is 0 Å². The highest BCUT2D eigenvalue weighted by Gasteiger charge is 2.33. The Morgan fingerprint density at radius 1 is 0.933 bits per heavy atom. The summed E-state index contributed by atoms with van der Waals surface area (Å²) in [6.07, 6.45) is 19.5. The Morgan fingerprint density at radius 2 is 1.57 bits per heavy atom. The number of aromatic hydroxyl groups is 1. The average molecular weight is 415 g/mol. The normalized spacial score (nSPS) is 27.1. The second-order valence-electron chi connectivity index (χ2n) is 10.2. The third-order valence-electron chi connectivity index (χ3n) is 7.83. The largest absolute Gasteiger partial charge is 0.508 e. The summed E-state index contributed by atoms with van der Waals surface area (Å²) in [6, 6.07) is 9.58. The van der Waals surface area contributed by atoms with Crippen LogP contribution in [0, 0.1) is 0 Å². The fraction of sp³-hybridized carbons (Fsp3) is 0.778. The van der Waals surface area contributed by atoms with E-state index in [4.69, 9.17) is 0 Å². The van der Waals surface area contributed by atoms with Crippen LogP contribution in [0.3, 0.4) is 0 Å². The minimum absolute atomic E-state index is 0.226. The van der Waals surface area contributed by atoms with E-state index in [1.165, 1.54) is 95.6 Å². The zero-order valence-corrected chi connectivity index (χ0v) is 19.7. The van der Waals surface area contributed by atoms with Crippen molar-refractivity contribution in [2.75, 3.05) is 20.1 Å². The summed E-state index contributed by atoms with van der Waals surface area (Å²) in [7, 11) is 2.21. The number of phenolic OH excluding ortho intramolecular Hbond substituents is 1. The highest BCUT2D eigenvalue weighted by molar-refractivity contribution is 5.33. The average Bonchev–Trinajstić information content (AvgIpc) is 2.98. The molecule has 1 atom stereocenters. The van der Waals surface area contributed by atoms with Crippen molar-refractivity contribution in [3.63, 3.8) is 0 Å². The molecule has 0 radical (unpaired) electrons. The van der Waals surface area contributed by atoms with Gasteiger partial charge in [-0.15, -0.1) is 0 Å². The fourth-order valence-electron chi connectivity index (χ4n) is 5.96. The summed E-state index contributed by atoms with van der Waals surface area (Å²) >= 11 is 0. The number of hydrogen-bond donors (Lipinski definition) is 2. The highest BCUT2D eigenvalue weighted by Crippen LogP contribution is 2.37. The van der Waals surface area contributed by atoms with Gasteiger partial charge in [-0.1, -0.05) is 64.0 Å². The SMILES string of the molecule is C1CCC(NC2CCCCC2)CC1.CCC1(c2cccc(O)c2)CCCCN(C)C1. The van der Waals surface area contributed by atoms with E-state index < -0.39 is 0 Å². The van der Waals surface area contributed by atoms with E-state index in [1.807, 2.05) is 12.1 Å². The maximum absolute atomic E-state index is 9.68. The lowest BCUT2D eigenvalue weighted by Gasteiger charge is -2.35. The third kappa shape index (κ3) is 6.99. The van der Waals surface area contributed by atoms with Crippen molar-refractivity contribution in [3.05, 3.63) is 29.8 Å². The maximum Gasteiger partial charge on any atom is 0.115 e. The molecule has 0 spiro atoms. The minimum Gasteiger partial charge on any atom is -0.508 e. The van der Waals surface area contributed by atoms with Crippen molar-refractivity contribution in [2.24, 2.45) is 0 Å². The van der Waals surface area contributed by atoms with Gasteiger partial charge < -0.3 is 15.3 Å². The molecular formula is C27H46N2O. The van der Waals surface area contributed by atoms with E-state index in [2.05, 4.69) is 30.3 Å². The van der Waals surface area contributed by atoms with Crippen LogP contribution in [-0.2, 0) is 5.41 Å². The molecule has 2 N–H and O–H groups in total. The third-order valence-corrected chi connectivity index (χ3v) is 7.83. The first-order valence-corrected chi connectivity index (χ1v) is 12.9. The topological polar surface area (TPSA) is 35.5 Å². The summed E-state index contributed by atoms with van der Waals surface area (Å²) in [5.74, 6) is 0.391. The van der Waals surface area contributed by atoms with E-state index in [9.17, 15) is 5.11 Å². The van der Waals surface area contributed by atoms with Crippen LogP contribution in [-0.4, -0.2) is 42.2 Å². The quantitative estimate of drug-likeness (QED) is 0.598. The second kappa shape index (κ2) is 12.1. The Bertz CT molecular complexity index is 591. The first-order valence-electron chi connectivity index (χ1n) is 12.9. The molecule has 2 saturated carbocycles. The van der Waals surface area contributed by atoms with Gasteiger partial charge in [0.2, 0.25) is 0 Å². The van der Waals surface area contributed by atoms with Gasteiger partial charge in [-0.05, 0) is 76.2 Å². The van der Waals surface area contributed by atoms with Gasteiger partial charge in [0.25, 0.3) is 0 Å². The van der Waals surface area contributed by atoms with Crippen molar-refractivity contribution in [2.45, 2.75) is 114 Å². The van der Waals surface area contributed by atoms with Gasteiger partial charge in [0.15, 0.2) is 0 Å². The standard InChI is InChI=1S/C15H23NO.C12H23N/c1-3-15(9-4-5-10-16(2)12-15)13-7-6-8-14(17)11-13;1-3-7-11(8-4-1)13-12-9-5-2-6-10-12/h6-8,11,17H,3-5,9-10,12H2,1-2H3;11-13H,1-10H2. The lowest BCUT2D eigenvalue weighted by molar-refractivity contribution is 0.256. The lowest BCUT2D eigenvalue weighted by Crippen LogP contribution is -2.40. The Kier molecular flexibility index (Phi) is 9.52. The molecule has 4 rings (SSSR count). The van der Waals surface area contributed by atoms with E-state index in [1.54, 1.807) is 6.07 Å². The molecule has 3 nitrogen and oxygen atoms in total. The molecule has 30 heavy (non-hydrogen) atoms. The number of nitrogens with zero attached hydrogens (tertiary/aromatic N) is 1. The van der Waals surface area contributed by atoms with Gasteiger partial charge in [-0.3, -0.25) is 0 Å². The Hall–Kier alpha value is -1.06. The van der Waals surface area contributed by atoms with Crippen molar-refractivity contribution in [3.8, 4) is 5.75 Å². The molecule has 3 aliphatic rings. The summed E-state index contributed by atoms with van der Waals surface area (Å²) in [5, 5.41) is 13.5. The van der Waals surface area contributed by atoms with Crippen LogP contribution in [0.5, 0.6) is 5.75 Å². The molecule has 1 unspecified atom stereocenters. The van der Waals surface area contributed by atoms with Crippen LogP contribution in [0.1, 0.15) is 102 Å². The van der Waals surface area contributed by atoms with Crippen molar-refractivity contribution >= 4 is 0 Å². The van der Waals surface area contributed by atoms with Gasteiger partial charge >= 0.3 is 0 Å². The van der Waals surface area contributed by atoms with E-state index in [0.29, 0.717) is 5.75 Å². The van der Waals surface area contributed by atoms with Crippen molar-refractivity contribution < 1.29 is 5.11 Å². The fourth-order valence-corrected chi connectivity index (χ4v) is 5.96. The molecular weight excluding hydrogens is 368 g/mol. The molecule has 1 aromatic rings. The minimum atomic E-state index is 0.226. The van der Waals surface area contributed by atoms with Crippen LogP contribution in [0.25, 0.3) is 0 Å². The summed E-state index contributed by atoms with van der Waals surface area (Å²) in [6.45, 7) is 4.57. The molecule has 0 amide bonds. The highest BCUT2D eigenvalue weighted by atomic mass is 16.3. The van der Waals surface area contributed by atoms with E-state index in [-0.39, 0.29) is 5.41 Å². The van der Waals surface area contributed by atoms with Gasteiger partial charge in [0.1, 0.15) is 5.75 Å². The van der Waals surface area contributed by atoms with Crippen LogP contribution in [0.2, 0.25) is 0 Å². The molecule has 1 aromatic carbocycles. The summed E-state index contributed by atoms with van der Waals surface area (Å²) in [5.41, 5.74) is 1.53. The predicted molar refractivity (Wildman–Crippen MR) is 128 cm³/mol. The number of likely N-dealkylation sites (tertiary alicyclic amines) is 1. The number of benzene rings is 1. The molecule has 2 aliphatic carbocycles. The molecule has 3 fully saturated rings.